The Balaban J connectivity index is 1.68. The Labute approximate surface area is 144 Å². The van der Waals surface area contributed by atoms with Crippen molar-refractivity contribution in [2.24, 2.45) is 5.16 Å². The molecule has 23 heavy (non-hydrogen) atoms. The highest BCUT2D eigenvalue weighted by atomic mass is 79.9. The molecule has 0 saturated heterocycles. The molecular weight excluding hydrogens is 364 g/mol. The lowest BCUT2D eigenvalue weighted by Gasteiger charge is -2.19. The van der Waals surface area contributed by atoms with Crippen molar-refractivity contribution in [2.75, 3.05) is 13.2 Å². The number of oxime groups is 1. The number of nitrogens with one attached hydrogen (secondary N) is 1. The second-order valence-electron chi connectivity index (χ2n) is 6.21. The number of alkyl carbamates (subject to hydrolysis) is 1. The number of nitrogens with zero attached hydrogens (tertiary/aromatic N) is 1. The second-order valence-corrected chi connectivity index (χ2v) is 7.13. The first-order valence-electron chi connectivity index (χ1n) is 7.38. The summed E-state index contributed by atoms with van der Waals surface area (Å²) < 4.78 is 11.8. The van der Waals surface area contributed by atoms with Crippen LogP contribution in [0.15, 0.2) is 33.9 Å². The van der Waals surface area contributed by atoms with Crippen molar-refractivity contribution in [3.63, 3.8) is 0 Å². The zero-order valence-corrected chi connectivity index (χ0v) is 15.1. The molecule has 1 N–H and O–H groups in total. The summed E-state index contributed by atoms with van der Waals surface area (Å²) in [6, 6.07) is 7.61. The normalized spacial score (nSPS) is 17.2. The van der Waals surface area contributed by atoms with Crippen molar-refractivity contribution in [3.05, 3.63) is 28.7 Å². The van der Waals surface area contributed by atoms with Gasteiger partial charge in [0.15, 0.2) is 6.10 Å². The number of hydrogen-bond donors (Lipinski definition) is 1. The van der Waals surface area contributed by atoms with E-state index in [4.69, 9.17) is 14.3 Å². The molecule has 1 aliphatic rings. The predicted octanol–water partition coefficient (Wildman–Crippen LogP) is 3.50. The van der Waals surface area contributed by atoms with E-state index in [-0.39, 0.29) is 6.10 Å². The minimum absolute atomic E-state index is 0.149. The maximum Gasteiger partial charge on any atom is 0.407 e. The van der Waals surface area contributed by atoms with Crippen LogP contribution in [0.2, 0.25) is 0 Å². The largest absolute Gasteiger partial charge is 0.490 e. The van der Waals surface area contributed by atoms with Gasteiger partial charge in [-0.2, -0.15) is 0 Å². The molecule has 0 fully saturated rings. The van der Waals surface area contributed by atoms with Gasteiger partial charge < -0.3 is 19.6 Å². The summed E-state index contributed by atoms with van der Waals surface area (Å²) in [5.41, 5.74) is 0.247. The number of rotatable bonds is 5. The summed E-state index contributed by atoms with van der Waals surface area (Å²) in [5.74, 6) is 0.767. The van der Waals surface area contributed by atoms with Gasteiger partial charge in [-0.1, -0.05) is 27.2 Å². The van der Waals surface area contributed by atoms with Crippen LogP contribution in [0.4, 0.5) is 4.79 Å². The van der Waals surface area contributed by atoms with Gasteiger partial charge in [0.05, 0.1) is 12.3 Å². The van der Waals surface area contributed by atoms with E-state index in [0.717, 1.165) is 15.9 Å². The van der Waals surface area contributed by atoms with Gasteiger partial charge in [0.25, 0.3) is 0 Å². The lowest BCUT2D eigenvalue weighted by Crippen LogP contribution is -2.35. The number of hydrogen-bond acceptors (Lipinski definition) is 5. The van der Waals surface area contributed by atoms with Crippen molar-refractivity contribution < 1.29 is 19.1 Å². The first kappa shape index (κ1) is 17.6. The molecule has 0 aromatic heterocycles. The molecule has 1 aromatic rings. The third-order valence-corrected chi connectivity index (χ3v) is 3.36. The van der Waals surface area contributed by atoms with Gasteiger partial charge >= 0.3 is 6.09 Å². The summed E-state index contributed by atoms with van der Waals surface area (Å²) in [4.78, 5) is 16.9. The van der Waals surface area contributed by atoms with Gasteiger partial charge in [0.2, 0.25) is 0 Å². The average molecular weight is 385 g/mol. The number of carbonyl (C=O) groups excluding carboxylic acids is 1. The molecule has 7 heteroatoms. The standard InChI is InChI=1S/C16H21BrN2O4/c1-16(2,3)22-15(20)18-9-12-8-14(23-19-12)10-21-13-6-4-5-11(17)7-13/h4-7,14H,8-10H2,1-3H3,(H,18,20). The molecule has 1 amide bonds. The third-order valence-electron chi connectivity index (χ3n) is 2.86. The van der Waals surface area contributed by atoms with E-state index in [1.807, 2.05) is 45.0 Å². The second kappa shape index (κ2) is 7.68. The summed E-state index contributed by atoms with van der Waals surface area (Å²) >= 11 is 3.39. The highest BCUT2D eigenvalue weighted by molar-refractivity contribution is 9.10. The van der Waals surface area contributed by atoms with Crippen LogP contribution in [0.1, 0.15) is 27.2 Å². The Morgan fingerprint density at radius 1 is 1.48 bits per heavy atom. The molecule has 0 radical (unpaired) electrons. The molecule has 1 atom stereocenters. The van der Waals surface area contributed by atoms with Gasteiger partial charge in [0, 0.05) is 10.9 Å². The SMILES string of the molecule is CC(C)(C)OC(=O)NCC1=NOC(COc2cccc(Br)c2)C1. The van der Waals surface area contributed by atoms with Crippen molar-refractivity contribution in [1.82, 2.24) is 5.32 Å². The van der Waals surface area contributed by atoms with Crippen molar-refractivity contribution in [2.45, 2.75) is 38.9 Å². The van der Waals surface area contributed by atoms with E-state index in [2.05, 4.69) is 26.4 Å². The van der Waals surface area contributed by atoms with Crippen LogP contribution >= 0.6 is 15.9 Å². The molecular formula is C16H21BrN2O4. The van der Waals surface area contributed by atoms with Crippen molar-refractivity contribution in [1.29, 1.82) is 0 Å². The van der Waals surface area contributed by atoms with Gasteiger partial charge in [0.1, 0.15) is 18.0 Å². The summed E-state index contributed by atoms with van der Waals surface area (Å²) in [7, 11) is 0. The highest BCUT2D eigenvalue weighted by Crippen LogP contribution is 2.19. The quantitative estimate of drug-likeness (QED) is 0.843. The molecule has 6 nitrogen and oxygen atoms in total. The van der Waals surface area contributed by atoms with Crippen LogP contribution in [0.5, 0.6) is 5.75 Å². The molecule has 1 unspecified atom stereocenters. The number of amides is 1. The Morgan fingerprint density at radius 3 is 2.96 bits per heavy atom. The molecule has 126 valence electrons. The first-order chi connectivity index (χ1) is 10.8. The topological polar surface area (TPSA) is 69.2 Å². The Kier molecular flexibility index (Phi) is 5.87. The van der Waals surface area contributed by atoms with Crippen LogP contribution in [0.25, 0.3) is 0 Å². The maximum absolute atomic E-state index is 11.6. The van der Waals surface area contributed by atoms with Gasteiger partial charge in [-0.15, -0.1) is 0 Å². The number of halogens is 1. The Bertz CT molecular complexity index is 584. The minimum atomic E-state index is -0.515. The van der Waals surface area contributed by atoms with Crippen LogP contribution in [0.3, 0.4) is 0 Å². The smallest absolute Gasteiger partial charge is 0.407 e. The van der Waals surface area contributed by atoms with Gasteiger partial charge in [-0.3, -0.25) is 0 Å². The number of benzene rings is 1. The van der Waals surface area contributed by atoms with Gasteiger partial charge in [-0.05, 0) is 39.0 Å². The Hall–Kier alpha value is -1.76. The molecule has 0 aliphatic carbocycles. The van der Waals surface area contributed by atoms with Crippen LogP contribution in [-0.2, 0) is 9.57 Å². The van der Waals surface area contributed by atoms with Crippen molar-refractivity contribution in [3.8, 4) is 5.75 Å². The minimum Gasteiger partial charge on any atom is -0.490 e. The van der Waals surface area contributed by atoms with Crippen LogP contribution in [0, 0.1) is 0 Å². The van der Waals surface area contributed by atoms with E-state index < -0.39 is 11.7 Å². The number of carbonyl (C=O) groups is 1. The lowest BCUT2D eigenvalue weighted by molar-refractivity contribution is 0.0470. The predicted molar refractivity (Wildman–Crippen MR) is 90.8 cm³/mol. The molecule has 0 bridgehead atoms. The van der Waals surface area contributed by atoms with E-state index in [1.54, 1.807) is 0 Å². The Morgan fingerprint density at radius 2 is 2.26 bits per heavy atom. The summed E-state index contributed by atoms with van der Waals surface area (Å²) in [6.45, 7) is 6.16. The lowest BCUT2D eigenvalue weighted by atomic mass is 10.2. The first-order valence-corrected chi connectivity index (χ1v) is 8.18. The molecule has 0 spiro atoms. The van der Waals surface area contributed by atoms with E-state index >= 15 is 0 Å². The summed E-state index contributed by atoms with van der Waals surface area (Å²) in [6.07, 6.45) is 0.00234. The van der Waals surface area contributed by atoms with E-state index in [9.17, 15) is 4.79 Å². The molecule has 0 saturated carbocycles. The fraction of sp³-hybridized carbons (Fsp3) is 0.500. The molecule has 2 rings (SSSR count). The number of ether oxygens (including phenoxy) is 2. The average Bonchev–Trinajstić information content (AvgIpc) is 2.89. The fourth-order valence-corrected chi connectivity index (χ4v) is 2.29. The molecule has 1 aliphatic heterocycles. The van der Waals surface area contributed by atoms with Crippen LogP contribution < -0.4 is 10.1 Å². The van der Waals surface area contributed by atoms with E-state index in [1.165, 1.54) is 0 Å². The monoisotopic (exact) mass is 384 g/mol. The molecule has 1 aromatic carbocycles. The fourth-order valence-electron chi connectivity index (χ4n) is 1.91. The summed E-state index contributed by atoms with van der Waals surface area (Å²) in [5, 5.41) is 6.64. The van der Waals surface area contributed by atoms with Crippen LogP contribution in [-0.4, -0.2) is 36.7 Å². The maximum atomic E-state index is 11.6. The van der Waals surface area contributed by atoms with Crippen molar-refractivity contribution >= 4 is 27.7 Å². The molecule has 1 heterocycles. The van der Waals surface area contributed by atoms with E-state index in [0.29, 0.717) is 19.6 Å². The zero-order valence-electron chi connectivity index (χ0n) is 13.5. The zero-order chi connectivity index (χ0) is 16.9. The highest BCUT2D eigenvalue weighted by Gasteiger charge is 2.23. The van der Waals surface area contributed by atoms with Gasteiger partial charge in [-0.25, -0.2) is 4.79 Å². The third kappa shape index (κ3) is 6.48.